The number of phenolic OH excluding ortho intramolecular Hbond substituents is 6. The molecule has 12 nitrogen and oxygen atoms in total. The van der Waals surface area contributed by atoms with Gasteiger partial charge in [0.25, 0.3) is 0 Å². The molecule has 0 fully saturated rings. The predicted molar refractivity (Wildman–Crippen MR) is 256 cm³/mol. The van der Waals surface area contributed by atoms with Gasteiger partial charge >= 0.3 is 0 Å². The molecule has 0 saturated carbocycles. The van der Waals surface area contributed by atoms with Gasteiger partial charge in [0.1, 0.15) is 34.5 Å². The van der Waals surface area contributed by atoms with Gasteiger partial charge < -0.3 is 59.1 Å². The molecule has 6 atom stereocenters. The van der Waals surface area contributed by atoms with Crippen LogP contribution in [0.15, 0.2) is 109 Å². The van der Waals surface area contributed by atoms with Crippen LogP contribution in [0.3, 0.4) is 0 Å². The first-order valence-corrected chi connectivity index (χ1v) is 24.4. The number of benzene rings is 6. The highest BCUT2D eigenvalue weighted by Gasteiger charge is 2.59. The molecule has 0 aliphatic carbocycles. The lowest BCUT2D eigenvalue weighted by atomic mass is 9.90. The fourth-order valence-corrected chi connectivity index (χ4v) is 11.7. The zero-order chi connectivity index (χ0) is 48.6. The van der Waals surface area contributed by atoms with Crippen molar-refractivity contribution in [2.45, 2.75) is 134 Å². The Morgan fingerprint density at radius 3 is 0.551 bits per heavy atom. The molecule has 12 rings (SSSR count). The molecule has 0 saturated heterocycles. The summed E-state index contributed by atoms with van der Waals surface area (Å²) >= 11 is 0. The summed E-state index contributed by atoms with van der Waals surface area (Å²) < 4.78 is 37.8. The molecule has 0 aromatic heterocycles. The van der Waals surface area contributed by atoms with Gasteiger partial charge in [-0.15, -0.1) is 0 Å². The number of hydrogen-bond donors (Lipinski definition) is 6. The molecule has 6 aliphatic heterocycles. The summed E-state index contributed by atoms with van der Waals surface area (Å²) in [5, 5.41) is 63.0. The van der Waals surface area contributed by atoms with Crippen molar-refractivity contribution in [1.82, 2.24) is 0 Å². The van der Waals surface area contributed by atoms with Gasteiger partial charge in [0.15, 0.2) is 0 Å². The number of hydrogen-bond acceptors (Lipinski definition) is 12. The van der Waals surface area contributed by atoms with Crippen molar-refractivity contribution in [1.29, 1.82) is 0 Å². The maximum absolute atomic E-state index is 10.5. The number of phenols is 6. The Kier molecular flexibility index (Phi) is 11.9. The normalized spacial score (nSPS) is 23.9. The van der Waals surface area contributed by atoms with Crippen molar-refractivity contribution < 1.29 is 59.1 Å². The highest BCUT2D eigenvalue weighted by atomic mass is 16.7. The zero-order valence-electron chi connectivity index (χ0n) is 39.7. The Hall–Kier alpha value is -6.12. The third-order valence-electron chi connectivity index (χ3n) is 14.6. The molecule has 0 radical (unpaired) electrons. The third-order valence-corrected chi connectivity index (χ3v) is 14.6. The van der Waals surface area contributed by atoms with Gasteiger partial charge in [-0.05, 0) is 108 Å². The lowest BCUT2D eigenvalue weighted by molar-refractivity contribution is -0.237. The van der Waals surface area contributed by atoms with E-state index in [1.807, 2.05) is 114 Å². The van der Waals surface area contributed by atoms with Gasteiger partial charge in [0.05, 0.1) is 70.0 Å². The molecule has 3 spiro atoms. The van der Waals surface area contributed by atoms with Crippen molar-refractivity contribution in [3.8, 4) is 34.5 Å². The summed E-state index contributed by atoms with van der Waals surface area (Å²) in [4.78, 5) is 0. The third kappa shape index (κ3) is 6.86. The van der Waals surface area contributed by atoms with E-state index in [0.717, 1.165) is 71.9 Å². The van der Waals surface area contributed by atoms with E-state index in [-0.39, 0.29) is 71.1 Å². The minimum atomic E-state index is -1.22. The summed E-state index contributed by atoms with van der Waals surface area (Å²) in [6.07, 6.45) is 3.59. The standard InChI is InChI=1S/3C19H20O4/c3*1-3-15-11-7-5-9-13(20)17(11)19(22-15)18-12(16(4-2)23-19)8-6-10-14(18)21/h3*5-10,15-16,20-21H,3-4H2,1-2H3/t3*15-,16-,19?/m111/s1. The van der Waals surface area contributed by atoms with Crippen molar-refractivity contribution >= 4 is 0 Å². The minimum Gasteiger partial charge on any atom is -0.507 e. The second-order valence-electron chi connectivity index (χ2n) is 18.4. The summed E-state index contributed by atoms with van der Waals surface area (Å²) in [7, 11) is 0. The number of ether oxygens (including phenoxy) is 6. The molecule has 0 unspecified atom stereocenters. The van der Waals surface area contributed by atoms with Crippen LogP contribution in [0.25, 0.3) is 0 Å². The van der Waals surface area contributed by atoms with E-state index >= 15 is 0 Å². The lowest BCUT2D eigenvalue weighted by Crippen LogP contribution is -2.27. The Morgan fingerprint density at radius 1 is 0.275 bits per heavy atom. The van der Waals surface area contributed by atoms with Gasteiger partial charge in [-0.2, -0.15) is 0 Å². The van der Waals surface area contributed by atoms with Crippen molar-refractivity contribution in [2.24, 2.45) is 0 Å². The van der Waals surface area contributed by atoms with Crippen LogP contribution in [0.2, 0.25) is 0 Å². The predicted octanol–water partition coefficient (Wildman–Crippen LogP) is 12.8. The molecule has 69 heavy (non-hydrogen) atoms. The quantitative estimate of drug-likeness (QED) is 0.0933. The summed E-state index contributed by atoms with van der Waals surface area (Å²) in [6.45, 7) is 12.2. The molecular weight excluding hydrogens is 877 g/mol. The summed E-state index contributed by atoms with van der Waals surface area (Å²) in [5.41, 5.74) is 9.36. The van der Waals surface area contributed by atoms with Gasteiger partial charge in [0.2, 0.25) is 17.4 Å². The Morgan fingerprint density at radius 2 is 0.420 bits per heavy atom. The molecule has 6 aromatic rings. The molecule has 0 amide bonds. The molecule has 6 aliphatic rings. The van der Waals surface area contributed by atoms with Crippen molar-refractivity contribution in [3.63, 3.8) is 0 Å². The van der Waals surface area contributed by atoms with Crippen LogP contribution in [0.5, 0.6) is 34.5 Å². The minimum absolute atomic E-state index is 0.143. The van der Waals surface area contributed by atoms with Crippen molar-refractivity contribution in [2.75, 3.05) is 0 Å². The summed E-state index contributed by atoms with van der Waals surface area (Å²) in [5.74, 6) is -2.80. The van der Waals surface area contributed by atoms with Crippen LogP contribution in [-0.4, -0.2) is 30.6 Å². The van der Waals surface area contributed by atoms with E-state index in [2.05, 4.69) is 0 Å². The monoisotopic (exact) mass is 936 g/mol. The number of aromatic hydroxyl groups is 6. The van der Waals surface area contributed by atoms with E-state index in [1.165, 1.54) is 0 Å². The second-order valence-corrected chi connectivity index (χ2v) is 18.4. The lowest BCUT2D eigenvalue weighted by Gasteiger charge is -2.27. The second kappa shape index (κ2) is 17.7. The van der Waals surface area contributed by atoms with Gasteiger partial charge in [-0.25, -0.2) is 0 Å². The van der Waals surface area contributed by atoms with Crippen LogP contribution >= 0.6 is 0 Å². The highest BCUT2D eigenvalue weighted by Crippen LogP contribution is 2.64. The van der Waals surface area contributed by atoms with E-state index in [4.69, 9.17) is 28.4 Å². The van der Waals surface area contributed by atoms with Gasteiger partial charge in [-0.1, -0.05) is 114 Å². The van der Waals surface area contributed by atoms with E-state index < -0.39 is 17.4 Å². The number of fused-ring (bicyclic) bond motifs is 12. The molecule has 360 valence electrons. The smallest absolute Gasteiger partial charge is 0.231 e. The summed E-state index contributed by atoms with van der Waals surface area (Å²) in [6, 6.07) is 32.5. The first kappa shape index (κ1) is 46.6. The van der Waals surface area contributed by atoms with E-state index in [0.29, 0.717) is 33.4 Å². The zero-order valence-corrected chi connectivity index (χ0v) is 39.7. The average Bonchev–Trinajstić information content (AvgIpc) is 4.19. The maximum Gasteiger partial charge on any atom is 0.231 e. The Labute approximate surface area is 402 Å². The average molecular weight is 937 g/mol. The van der Waals surface area contributed by atoms with E-state index in [9.17, 15) is 30.6 Å². The Bertz CT molecular complexity index is 2420. The van der Waals surface area contributed by atoms with E-state index in [1.54, 1.807) is 36.4 Å². The largest absolute Gasteiger partial charge is 0.507 e. The topological polar surface area (TPSA) is 177 Å². The molecule has 0 bridgehead atoms. The van der Waals surface area contributed by atoms with Gasteiger partial charge in [-0.3, -0.25) is 0 Å². The fourth-order valence-electron chi connectivity index (χ4n) is 11.7. The van der Waals surface area contributed by atoms with Gasteiger partial charge in [0, 0.05) is 0 Å². The fraction of sp³-hybridized carbons (Fsp3) is 0.368. The van der Waals surface area contributed by atoms with Crippen LogP contribution in [-0.2, 0) is 45.8 Å². The highest BCUT2D eigenvalue weighted by molar-refractivity contribution is 5.61. The molecule has 6 aromatic carbocycles. The van der Waals surface area contributed by atoms with Crippen LogP contribution in [0.4, 0.5) is 0 Å². The molecular formula is C57H60O12. The van der Waals surface area contributed by atoms with Crippen LogP contribution in [0, 0.1) is 0 Å². The number of rotatable bonds is 6. The molecule has 6 heterocycles. The molecule has 6 N–H and O–H groups in total. The molecule has 12 heteroatoms. The van der Waals surface area contributed by atoms with Crippen molar-refractivity contribution in [3.05, 3.63) is 176 Å². The Balaban J connectivity index is 0.000000120. The van der Waals surface area contributed by atoms with Crippen LogP contribution in [0.1, 0.15) is 183 Å². The first-order valence-electron chi connectivity index (χ1n) is 24.4. The maximum atomic E-state index is 10.5. The first-order chi connectivity index (χ1) is 33.4. The van der Waals surface area contributed by atoms with Crippen LogP contribution < -0.4 is 0 Å². The SMILES string of the molecule is CC[C@H]1OC2(O[C@H](CC)c3cccc(O)c32)c2c(O)cccc21.CC[C@H]1OC2(O[C@H](CC)c3cccc(O)c32)c2c(O)cccc21.CC[C@H]1OC2(O[C@H](CC)c3cccc(O)c32)c2c(O)cccc21.